The largest absolute Gasteiger partial charge is 0.310 e. The predicted molar refractivity (Wildman–Crippen MR) is 245 cm³/mol. The number of hydrogen-bond acceptors (Lipinski definition) is 1. The lowest BCUT2D eigenvalue weighted by Gasteiger charge is -2.30. The standard InChI is InChI=1S/C56H43N/c1-36-18-33-51-50(34-36)55-52(56(51,2)3)16-9-17-53(55)57(44-27-21-38(22-28-44)43-20-19-37-10-4-5-12-42(37)35-43)45-29-23-40(24-30-45)47-15-8-13-41-26-31-48-46-14-7-6-11-39(46)25-32-49(48)54(41)47/h4-33,35-36H,34H2,1-3H3. The Hall–Kier alpha value is -6.70. The van der Waals surface area contributed by atoms with Crippen molar-refractivity contribution in [1.29, 1.82) is 0 Å². The second-order valence-corrected chi connectivity index (χ2v) is 16.6. The van der Waals surface area contributed by atoms with Crippen LogP contribution in [0.15, 0.2) is 194 Å². The summed E-state index contributed by atoms with van der Waals surface area (Å²) < 4.78 is 0. The summed E-state index contributed by atoms with van der Waals surface area (Å²) in [6.07, 6.45) is 5.85. The molecule has 2 aliphatic carbocycles. The molecule has 0 bridgehead atoms. The molecule has 2 aliphatic rings. The Labute approximate surface area is 334 Å². The Morgan fingerprint density at radius 2 is 1.14 bits per heavy atom. The molecule has 9 aromatic rings. The Balaban J connectivity index is 1.07. The normalized spacial score (nSPS) is 15.7. The van der Waals surface area contributed by atoms with Crippen LogP contribution in [-0.4, -0.2) is 0 Å². The third-order valence-electron chi connectivity index (χ3n) is 12.8. The quantitative estimate of drug-likeness (QED) is 0.159. The second kappa shape index (κ2) is 12.9. The number of hydrogen-bond donors (Lipinski definition) is 0. The molecule has 0 heterocycles. The van der Waals surface area contributed by atoms with Gasteiger partial charge in [0.2, 0.25) is 0 Å². The van der Waals surface area contributed by atoms with E-state index in [4.69, 9.17) is 0 Å². The molecule has 0 radical (unpaired) electrons. The van der Waals surface area contributed by atoms with Gasteiger partial charge in [0.1, 0.15) is 0 Å². The zero-order valence-electron chi connectivity index (χ0n) is 32.6. The topological polar surface area (TPSA) is 3.24 Å². The van der Waals surface area contributed by atoms with E-state index in [1.165, 1.54) is 93.3 Å². The SMILES string of the molecule is CC1C=CC2=C(C1)c1c(N(c3ccc(-c4ccc5ccccc5c4)cc3)c3ccc(-c4cccc5ccc6c7ccccc7ccc6c45)cc3)cccc1C2(C)C. The van der Waals surface area contributed by atoms with Crippen LogP contribution in [0.4, 0.5) is 17.1 Å². The Morgan fingerprint density at radius 3 is 1.95 bits per heavy atom. The fourth-order valence-corrected chi connectivity index (χ4v) is 9.90. The minimum atomic E-state index is -0.0603. The molecule has 272 valence electrons. The summed E-state index contributed by atoms with van der Waals surface area (Å²) in [7, 11) is 0. The van der Waals surface area contributed by atoms with E-state index in [-0.39, 0.29) is 5.41 Å². The van der Waals surface area contributed by atoms with Crippen molar-refractivity contribution in [2.45, 2.75) is 32.6 Å². The van der Waals surface area contributed by atoms with E-state index in [1.807, 2.05) is 0 Å². The molecular formula is C56H43N. The van der Waals surface area contributed by atoms with Crippen molar-refractivity contribution in [2.75, 3.05) is 4.90 Å². The van der Waals surface area contributed by atoms with E-state index in [0.29, 0.717) is 5.92 Å². The number of rotatable bonds is 5. The zero-order chi connectivity index (χ0) is 38.3. The van der Waals surface area contributed by atoms with Gasteiger partial charge in [-0.05, 0) is 131 Å². The van der Waals surface area contributed by atoms with Crippen LogP contribution in [-0.2, 0) is 5.41 Å². The van der Waals surface area contributed by atoms with Crippen molar-refractivity contribution >= 4 is 65.7 Å². The molecule has 0 aliphatic heterocycles. The molecule has 1 atom stereocenters. The van der Waals surface area contributed by atoms with Crippen molar-refractivity contribution in [1.82, 2.24) is 0 Å². The molecule has 0 N–H and O–H groups in total. The van der Waals surface area contributed by atoms with E-state index in [9.17, 15) is 0 Å². The molecule has 1 nitrogen and oxygen atoms in total. The van der Waals surface area contributed by atoms with Gasteiger partial charge in [0.25, 0.3) is 0 Å². The van der Waals surface area contributed by atoms with Crippen LogP contribution in [0.1, 0.15) is 38.3 Å². The third kappa shape index (κ3) is 5.37. The summed E-state index contributed by atoms with van der Waals surface area (Å²) in [6.45, 7) is 7.13. The first-order valence-corrected chi connectivity index (χ1v) is 20.3. The van der Waals surface area contributed by atoms with Gasteiger partial charge in [-0.15, -0.1) is 0 Å². The highest BCUT2D eigenvalue weighted by Gasteiger charge is 2.40. The summed E-state index contributed by atoms with van der Waals surface area (Å²) in [5.41, 5.74) is 14.1. The van der Waals surface area contributed by atoms with Gasteiger partial charge in [-0.25, -0.2) is 0 Å². The molecule has 0 saturated heterocycles. The summed E-state index contributed by atoms with van der Waals surface area (Å²) >= 11 is 0. The van der Waals surface area contributed by atoms with Crippen molar-refractivity contribution in [3.8, 4) is 22.3 Å². The molecule has 1 heteroatoms. The first-order valence-electron chi connectivity index (χ1n) is 20.3. The maximum atomic E-state index is 2.49. The van der Waals surface area contributed by atoms with Crippen LogP contribution >= 0.6 is 0 Å². The van der Waals surface area contributed by atoms with Gasteiger partial charge < -0.3 is 4.90 Å². The van der Waals surface area contributed by atoms with E-state index < -0.39 is 0 Å². The fraction of sp³-hybridized carbons (Fsp3) is 0.107. The first-order chi connectivity index (χ1) is 27.9. The predicted octanol–water partition coefficient (Wildman–Crippen LogP) is 15.7. The van der Waals surface area contributed by atoms with Gasteiger partial charge in [0.05, 0.1) is 5.69 Å². The van der Waals surface area contributed by atoms with Crippen LogP contribution in [0.3, 0.4) is 0 Å². The smallest absolute Gasteiger partial charge is 0.0539 e. The Kier molecular flexibility index (Phi) is 7.63. The third-order valence-corrected chi connectivity index (χ3v) is 12.8. The summed E-state index contributed by atoms with van der Waals surface area (Å²) in [4.78, 5) is 2.49. The van der Waals surface area contributed by atoms with Crippen LogP contribution in [0.25, 0.3) is 70.9 Å². The molecule has 0 amide bonds. The van der Waals surface area contributed by atoms with Crippen LogP contribution in [0, 0.1) is 5.92 Å². The Bertz CT molecular complexity index is 3120. The number of benzene rings is 9. The first kappa shape index (κ1) is 33.6. The van der Waals surface area contributed by atoms with Crippen molar-refractivity contribution in [2.24, 2.45) is 5.92 Å². The summed E-state index contributed by atoms with van der Waals surface area (Å²) in [5, 5.41) is 10.2. The highest BCUT2D eigenvalue weighted by atomic mass is 15.1. The molecule has 0 saturated carbocycles. The van der Waals surface area contributed by atoms with E-state index in [1.54, 1.807) is 0 Å². The molecule has 0 spiro atoms. The maximum Gasteiger partial charge on any atom is 0.0539 e. The number of allylic oxidation sites excluding steroid dienone is 4. The van der Waals surface area contributed by atoms with Gasteiger partial charge in [0.15, 0.2) is 0 Å². The summed E-state index contributed by atoms with van der Waals surface area (Å²) in [6, 6.07) is 65.4. The highest BCUT2D eigenvalue weighted by Crippen LogP contribution is 2.55. The monoisotopic (exact) mass is 729 g/mol. The van der Waals surface area contributed by atoms with Crippen molar-refractivity contribution < 1.29 is 0 Å². The lowest BCUT2D eigenvalue weighted by molar-refractivity contribution is 0.643. The lowest BCUT2D eigenvalue weighted by atomic mass is 9.79. The molecule has 0 fully saturated rings. The van der Waals surface area contributed by atoms with Gasteiger partial charge in [-0.2, -0.15) is 0 Å². The van der Waals surface area contributed by atoms with Crippen LogP contribution in [0.2, 0.25) is 0 Å². The average Bonchev–Trinajstić information content (AvgIpc) is 3.49. The van der Waals surface area contributed by atoms with Crippen LogP contribution in [0.5, 0.6) is 0 Å². The van der Waals surface area contributed by atoms with Crippen molar-refractivity contribution in [3.63, 3.8) is 0 Å². The molecule has 9 aromatic carbocycles. The molecule has 1 unspecified atom stereocenters. The van der Waals surface area contributed by atoms with Crippen molar-refractivity contribution in [3.05, 3.63) is 205 Å². The van der Waals surface area contributed by atoms with E-state index in [0.717, 1.165) is 17.8 Å². The Morgan fingerprint density at radius 1 is 0.509 bits per heavy atom. The number of anilines is 3. The van der Waals surface area contributed by atoms with Gasteiger partial charge in [0, 0.05) is 22.4 Å². The fourth-order valence-electron chi connectivity index (χ4n) is 9.90. The number of nitrogens with zero attached hydrogens (tertiary/aromatic N) is 1. The van der Waals surface area contributed by atoms with Crippen LogP contribution < -0.4 is 4.90 Å². The van der Waals surface area contributed by atoms with Gasteiger partial charge in [-0.1, -0.05) is 172 Å². The van der Waals surface area contributed by atoms with E-state index >= 15 is 0 Å². The highest BCUT2D eigenvalue weighted by molar-refractivity contribution is 6.21. The van der Waals surface area contributed by atoms with Gasteiger partial charge in [-0.3, -0.25) is 0 Å². The lowest BCUT2D eigenvalue weighted by Crippen LogP contribution is -2.17. The second-order valence-electron chi connectivity index (χ2n) is 16.6. The molecule has 57 heavy (non-hydrogen) atoms. The average molecular weight is 730 g/mol. The minimum absolute atomic E-state index is 0.0603. The van der Waals surface area contributed by atoms with E-state index in [2.05, 4.69) is 214 Å². The molecule has 11 rings (SSSR count). The number of fused-ring (bicyclic) bond motifs is 8. The maximum absolute atomic E-state index is 2.49. The minimum Gasteiger partial charge on any atom is -0.310 e. The molecule has 0 aromatic heterocycles. The molecular weight excluding hydrogens is 687 g/mol. The summed E-state index contributed by atoms with van der Waals surface area (Å²) in [5.74, 6) is 0.502. The van der Waals surface area contributed by atoms with Gasteiger partial charge >= 0.3 is 0 Å². The zero-order valence-corrected chi connectivity index (χ0v) is 32.6.